The van der Waals surface area contributed by atoms with E-state index in [1.54, 1.807) is 18.2 Å². The summed E-state index contributed by atoms with van der Waals surface area (Å²) in [4.78, 5) is 24.0. The van der Waals surface area contributed by atoms with Crippen molar-refractivity contribution in [1.82, 2.24) is 5.32 Å². The Morgan fingerprint density at radius 1 is 1.12 bits per heavy atom. The van der Waals surface area contributed by atoms with Crippen LogP contribution in [0.2, 0.25) is 0 Å². The van der Waals surface area contributed by atoms with E-state index in [9.17, 15) is 9.59 Å². The van der Waals surface area contributed by atoms with Gasteiger partial charge < -0.3 is 19.5 Å². The third-order valence-corrected chi connectivity index (χ3v) is 3.79. The molecule has 2 aromatic carbocycles. The second-order valence-electron chi connectivity index (χ2n) is 5.67. The average molecular weight is 341 g/mol. The summed E-state index contributed by atoms with van der Waals surface area (Å²) < 4.78 is 16.0. The molecular weight excluding hydrogens is 322 g/mol. The monoisotopic (exact) mass is 341 g/mol. The smallest absolute Gasteiger partial charge is 0.351 e. The summed E-state index contributed by atoms with van der Waals surface area (Å²) in [5.74, 6) is 0.0673. The Morgan fingerprint density at radius 3 is 2.56 bits per heavy atom. The number of para-hydroxylation sites is 2. The molecule has 0 spiro atoms. The van der Waals surface area contributed by atoms with E-state index in [1.165, 1.54) is 0 Å². The number of amides is 1. The summed E-state index contributed by atoms with van der Waals surface area (Å²) in [6.45, 7) is 1.56. The van der Waals surface area contributed by atoms with Crippen LogP contribution in [-0.2, 0) is 14.3 Å². The largest absolute Gasteiger partial charge is 0.485 e. The number of hydrogen-bond acceptors (Lipinski definition) is 5. The van der Waals surface area contributed by atoms with Gasteiger partial charge in [0.25, 0.3) is 5.91 Å². The molecule has 3 rings (SSSR count). The first-order chi connectivity index (χ1) is 12.1. The Kier molecular flexibility index (Phi) is 5.18. The van der Waals surface area contributed by atoms with Crippen LogP contribution in [0.3, 0.4) is 0 Å². The van der Waals surface area contributed by atoms with E-state index in [1.807, 2.05) is 43.3 Å². The van der Waals surface area contributed by atoms with Gasteiger partial charge in [-0.25, -0.2) is 4.79 Å². The van der Waals surface area contributed by atoms with Crippen molar-refractivity contribution in [1.29, 1.82) is 0 Å². The second-order valence-corrected chi connectivity index (χ2v) is 5.67. The normalized spacial score (nSPS) is 16.6. The number of hydrogen-bond donors (Lipinski definition) is 1. The van der Waals surface area contributed by atoms with Crippen molar-refractivity contribution in [3.8, 4) is 11.5 Å². The standard InChI is InChI=1S/C19H19NO5/c1-13(14-7-3-2-4-8-14)20-18(21)12-24-19(22)17-11-23-15-9-5-6-10-16(15)25-17/h2-10,13,17H,11-12H2,1H3,(H,20,21)/t13-,17-/m0/s1. The number of benzene rings is 2. The molecule has 1 heterocycles. The van der Waals surface area contributed by atoms with Crippen LogP contribution in [0.4, 0.5) is 0 Å². The summed E-state index contributed by atoms with van der Waals surface area (Å²) in [6.07, 6.45) is -0.880. The van der Waals surface area contributed by atoms with E-state index in [4.69, 9.17) is 14.2 Å². The molecule has 0 aromatic heterocycles. The molecule has 2 aromatic rings. The van der Waals surface area contributed by atoms with E-state index < -0.39 is 12.1 Å². The zero-order chi connectivity index (χ0) is 17.6. The number of esters is 1. The van der Waals surface area contributed by atoms with Gasteiger partial charge in [-0.1, -0.05) is 42.5 Å². The van der Waals surface area contributed by atoms with Crippen molar-refractivity contribution in [2.75, 3.05) is 13.2 Å². The summed E-state index contributed by atoms with van der Waals surface area (Å²) in [5, 5.41) is 2.78. The molecule has 1 N–H and O–H groups in total. The van der Waals surface area contributed by atoms with Crippen LogP contribution in [0.25, 0.3) is 0 Å². The molecule has 6 heteroatoms. The van der Waals surface area contributed by atoms with Gasteiger partial charge >= 0.3 is 5.97 Å². The molecule has 0 bridgehead atoms. The Bertz CT molecular complexity index is 746. The summed E-state index contributed by atoms with van der Waals surface area (Å²) in [6, 6.07) is 16.4. The highest BCUT2D eigenvalue weighted by Crippen LogP contribution is 2.31. The molecule has 0 saturated carbocycles. The zero-order valence-corrected chi connectivity index (χ0v) is 13.8. The first-order valence-corrected chi connectivity index (χ1v) is 8.03. The van der Waals surface area contributed by atoms with E-state index in [2.05, 4.69) is 5.32 Å². The number of carbonyl (C=O) groups excluding carboxylic acids is 2. The predicted molar refractivity (Wildman–Crippen MR) is 90.3 cm³/mol. The lowest BCUT2D eigenvalue weighted by Gasteiger charge is -2.24. The van der Waals surface area contributed by atoms with Crippen LogP contribution in [0, 0.1) is 0 Å². The van der Waals surface area contributed by atoms with Gasteiger partial charge in [-0.2, -0.15) is 0 Å². The van der Waals surface area contributed by atoms with Gasteiger partial charge in [-0.3, -0.25) is 4.79 Å². The van der Waals surface area contributed by atoms with E-state index >= 15 is 0 Å². The molecule has 130 valence electrons. The minimum atomic E-state index is -0.880. The van der Waals surface area contributed by atoms with Crippen molar-refractivity contribution in [3.63, 3.8) is 0 Å². The second kappa shape index (κ2) is 7.70. The molecule has 0 fully saturated rings. The predicted octanol–water partition coefficient (Wildman–Crippen LogP) is 2.25. The molecular formula is C19H19NO5. The fraction of sp³-hybridized carbons (Fsp3) is 0.263. The van der Waals surface area contributed by atoms with Crippen molar-refractivity contribution in [2.24, 2.45) is 0 Å². The summed E-state index contributed by atoms with van der Waals surface area (Å²) >= 11 is 0. The first-order valence-electron chi connectivity index (χ1n) is 8.03. The van der Waals surface area contributed by atoms with Gasteiger partial charge in [0.15, 0.2) is 18.1 Å². The van der Waals surface area contributed by atoms with Crippen LogP contribution < -0.4 is 14.8 Å². The Labute approximate surface area is 145 Å². The maximum absolute atomic E-state index is 12.1. The van der Waals surface area contributed by atoms with Gasteiger partial charge in [0.1, 0.15) is 6.61 Å². The quantitative estimate of drug-likeness (QED) is 0.845. The molecule has 0 aliphatic carbocycles. The van der Waals surface area contributed by atoms with Crippen LogP contribution in [0.5, 0.6) is 11.5 Å². The minimum absolute atomic E-state index is 0.0535. The highest BCUT2D eigenvalue weighted by molar-refractivity contribution is 5.82. The lowest BCUT2D eigenvalue weighted by atomic mass is 10.1. The maximum Gasteiger partial charge on any atom is 0.351 e. The van der Waals surface area contributed by atoms with E-state index in [0.29, 0.717) is 11.5 Å². The molecule has 6 nitrogen and oxygen atoms in total. The highest BCUT2D eigenvalue weighted by Gasteiger charge is 2.29. The highest BCUT2D eigenvalue weighted by atomic mass is 16.6. The fourth-order valence-corrected chi connectivity index (χ4v) is 2.47. The van der Waals surface area contributed by atoms with Gasteiger partial charge in [-0.15, -0.1) is 0 Å². The number of rotatable bonds is 5. The molecule has 25 heavy (non-hydrogen) atoms. The Morgan fingerprint density at radius 2 is 1.80 bits per heavy atom. The molecule has 1 aliphatic heterocycles. The fourth-order valence-electron chi connectivity index (χ4n) is 2.47. The number of fused-ring (bicyclic) bond motifs is 1. The molecule has 1 aliphatic rings. The number of nitrogens with one attached hydrogen (secondary N) is 1. The van der Waals surface area contributed by atoms with Gasteiger partial charge in [0.05, 0.1) is 6.04 Å². The molecule has 0 unspecified atom stereocenters. The third-order valence-electron chi connectivity index (χ3n) is 3.79. The number of carbonyl (C=O) groups is 2. The van der Waals surface area contributed by atoms with E-state index in [0.717, 1.165) is 5.56 Å². The molecule has 0 saturated heterocycles. The van der Waals surface area contributed by atoms with Crippen LogP contribution >= 0.6 is 0 Å². The van der Waals surface area contributed by atoms with Gasteiger partial charge in [0.2, 0.25) is 6.10 Å². The van der Waals surface area contributed by atoms with Crippen molar-refractivity contribution in [2.45, 2.75) is 19.1 Å². The van der Waals surface area contributed by atoms with Crippen LogP contribution in [-0.4, -0.2) is 31.2 Å². The lowest BCUT2D eigenvalue weighted by molar-refractivity contribution is -0.157. The topological polar surface area (TPSA) is 73.9 Å². The molecule has 0 radical (unpaired) electrons. The van der Waals surface area contributed by atoms with Crippen molar-refractivity contribution in [3.05, 3.63) is 60.2 Å². The van der Waals surface area contributed by atoms with Crippen LogP contribution in [0.15, 0.2) is 54.6 Å². The maximum atomic E-state index is 12.1. The Balaban J connectivity index is 1.47. The molecule has 1 amide bonds. The van der Waals surface area contributed by atoms with Gasteiger partial charge in [0, 0.05) is 0 Å². The SMILES string of the molecule is C[C@H](NC(=O)COC(=O)[C@@H]1COc2ccccc2O1)c1ccccc1. The van der Waals surface area contributed by atoms with E-state index in [-0.39, 0.29) is 25.2 Å². The van der Waals surface area contributed by atoms with Crippen molar-refractivity contribution >= 4 is 11.9 Å². The molecule has 2 atom stereocenters. The van der Waals surface area contributed by atoms with Crippen molar-refractivity contribution < 1.29 is 23.8 Å². The third kappa shape index (κ3) is 4.29. The minimum Gasteiger partial charge on any atom is -0.485 e. The average Bonchev–Trinajstić information content (AvgIpc) is 2.66. The summed E-state index contributed by atoms with van der Waals surface area (Å²) in [5.41, 5.74) is 0.975. The Hall–Kier alpha value is -3.02. The van der Waals surface area contributed by atoms with Gasteiger partial charge in [-0.05, 0) is 24.6 Å². The summed E-state index contributed by atoms with van der Waals surface area (Å²) in [7, 11) is 0. The first kappa shape index (κ1) is 16.8. The zero-order valence-electron chi connectivity index (χ0n) is 13.8. The van der Waals surface area contributed by atoms with Crippen LogP contribution in [0.1, 0.15) is 18.5 Å². The lowest BCUT2D eigenvalue weighted by Crippen LogP contribution is -2.40. The number of ether oxygens (including phenoxy) is 3.